The fourth-order valence-electron chi connectivity index (χ4n) is 3.64. The Kier molecular flexibility index (Phi) is 6.01. The first kappa shape index (κ1) is 20.4. The van der Waals surface area contributed by atoms with Gasteiger partial charge in [0.15, 0.2) is 0 Å². The van der Waals surface area contributed by atoms with Crippen LogP contribution < -0.4 is 10.2 Å². The highest BCUT2D eigenvalue weighted by Crippen LogP contribution is 2.23. The standard InChI is InChI=1S/C22H23ClN4O3/c1-30-13-19(21-24-17-10-7-15(23)12-18(17)25-21)26-22(29)14-5-8-16(9-6-14)27-11-3-2-4-20(27)28/h5-10,12,19H,2-4,11,13H2,1H3,(H,24,25)(H,26,29). The van der Waals surface area contributed by atoms with Crippen molar-refractivity contribution in [2.24, 2.45) is 0 Å². The van der Waals surface area contributed by atoms with E-state index in [1.54, 1.807) is 36.3 Å². The van der Waals surface area contributed by atoms with E-state index in [2.05, 4.69) is 15.3 Å². The van der Waals surface area contributed by atoms with Crippen molar-refractivity contribution in [2.45, 2.75) is 25.3 Å². The first-order chi connectivity index (χ1) is 14.5. The fourth-order valence-corrected chi connectivity index (χ4v) is 3.81. The Balaban J connectivity index is 1.50. The number of hydrogen-bond donors (Lipinski definition) is 2. The summed E-state index contributed by atoms with van der Waals surface area (Å²) < 4.78 is 5.28. The molecule has 1 aliphatic rings. The van der Waals surface area contributed by atoms with Crippen LogP contribution in [0.4, 0.5) is 5.69 Å². The van der Waals surface area contributed by atoms with Crippen LogP contribution in [0.2, 0.25) is 5.02 Å². The van der Waals surface area contributed by atoms with E-state index in [4.69, 9.17) is 16.3 Å². The van der Waals surface area contributed by atoms with Gasteiger partial charge in [-0.1, -0.05) is 11.6 Å². The van der Waals surface area contributed by atoms with E-state index >= 15 is 0 Å². The molecule has 0 aliphatic carbocycles. The highest BCUT2D eigenvalue weighted by atomic mass is 35.5. The van der Waals surface area contributed by atoms with Crippen molar-refractivity contribution in [1.29, 1.82) is 0 Å². The van der Waals surface area contributed by atoms with Gasteiger partial charge in [-0.15, -0.1) is 0 Å². The van der Waals surface area contributed by atoms with Crippen LogP contribution in [-0.2, 0) is 9.53 Å². The molecular formula is C22H23ClN4O3. The average molecular weight is 427 g/mol. The minimum absolute atomic E-state index is 0.128. The number of benzene rings is 2. The lowest BCUT2D eigenvalue weighted by Gasteiger charge is -2.26. The largest absolute Gasteiger partial charge is 0.382 e. The zero-order chi connectivity index (χ0) is 21.1. The number of methoxy groups -OCH3 is 1. The van der Waals surface area contributed by atoms with Gasteiger partial charge in [0.1, 0.15) is 11.9 Å². The van der Waals surface area contributed by atoms with Crippen molar-refractivity contribution in [3.8, 4) is 0 Å². The number of nitrogens with zero attached hydrogens (tertiary/aromatic N) is 2. The Bertz CT molecular complexity index is 1060. The van der Waals surface area contributed by atoms with Crippen molar-refractivity contribution in [2.75, 3.05) is 25.2 Å². The number of aromatic nitrogens is 2. The molecule has 1 saturated heterocycles. The summed E-state index contributed by atoms with van der Waals surface area (Å²) in [5.41, 5.74) is 2.88. The number of amides is 2. The molecule has 4 rings (SSSR count). The summed E-state index contributed by atoms with van der Waals surface area (Å²) in [5.74, 6) is 0.480. The zero-order valence-electron chi connectivity index (χ0n) is 16.7. The molecule has 1 aliphatic heterocycles. The number of ether oxygens (including phenoxy) is 1. The van der Waals surface area contributed by atoms with Crippen LogP contribution in [0.1, 0.15) is 41.5 Å². The lowest BCUT2D eigenvalue weighted by Crippen LogP contribution is -2.35. The number of piperidine rings is 1. The first-order valence-corrected chi connectivity index (χ1v) is 10.3. The minimum atomic E-state index is -0.447. The maximum absolute atomic E-state index is 12.8. The van der Waals surface area contributed by atoms with Crippen LogP contribution in [0, 0.1) is 0 Å². The molecule has 30 heavy (non-hydrogen) atoms. The number of halogens is 1. The Labute approximate surface area is 179 Å². The lowest BCUT2D eigenvalue weighted by atomic mass is 10.1. The highest BCUT2D eigenvalue weighted by Gasteiger charge is 2.22. The smallest absolute Gasteiger partial charge is 0.251 e. The lowest BCUT2D eigenvalue weighted by molar-refractivity contribution is -0.119. The van der Waals surface area contributed by atoms with Gasteiger partial charge in [0, 0.05) is 36.3 Å². The summed E-state index contributed by atoms with van der Waals surface area (Å²) >= 11 is 6.04. The predicted molar refractivity (Wildman–Crippen MR) is 116 cm³/mol. The molecule has 2 heterocycles. The number of H-pyrrole nitrogens is 1. The second-order valence-corrected chi connectivity index (χ2v) is 7.75. The normalized spacial score (nSPS) is 15.4. The molecule has 1 fully saturated rings. The molecule has 2 N–H and O–H groups in total. The van der Waals surface area contributed by atoms with Crippen molar-refractivity contribution in [3.63, 3.8) is 0 Å². The quantitative estimate of drug-likeness (QED) is 0.626. The number of carbonyl (C=O) groups is 2. The van der Waals surface area contributed by atoms with E-state index in [0.717, 1.165) is 36.1 Å². The summed E-state index contributed by atoms with van der Waals surface area (Å²) in [6.45, 7) is 0.982. The Morgan fingerprint density at radius 1 is 1.27 bits per heavy atom. The summed E-state index contributed by atoms with van der Waals surface area (Å²) in [5, 5.41) is 3.57. The summed E-state index contributed by atoms with van der Waals surface area (Å²) in [4.78, 5) is 34.4. The van der Waals surface area contributed by atoms with Crippen molar-refractivity contribution in [1.82, 2.24) is 15.3 Å². The van der Waals surface area contributed by atoms with E-state index in [1.165, 1.54) is 0 Å². The van der Waals surface area contributed by atoms with Gasteiger partial charge in [-0.05, 0) is 55.3 Å². The summed E-state index contributed by atoms with van der Waals surface area (Å²) in [6.07, 6.45) is 2.50. The number of hydrogen-bond acceptors (Lipinski definition) is 4. The van der Waals surface area contributed by atoms with E-state index in [0.29, 0.717) is 22.8 Å². The number of carbonyl (C=O) groups excluding carboxylic acids is 2. The maximum atomic E-state index is 12.8. The number of rotatable bonds is 6. The zero-order valence-corrected chi connectivity index (χ0v) is 17.4. The van der Waals surface area contributed by atoms with Crippen molar-refractivity contribution >= 4 is 40.1 Å². The molecule has 0 saturated carbocycles. The van der Waals surface area contributed by atoms with Crippen LogP contribution in [0.3, 0.4) is 0 Å². The van der Waals surface area contributed by atoms with E-state index in [-0.39, 0.29) is 18.4 Å². The molecule has 0 radical (unpaired) electrons. The number of nitrogens with one attached hydrogen (secondary N) is 2. The molecule has 8 heteroatoms. The Morgan fingerprint density at radius 2 is 2.07 bits per heavy atom. The number of aromatic amines is 1. The second kappa shape index (κ2) is 8.85. The molecule has 1 unspecified atom stereocenters. The van der Waals surface area contributed by atoms with Gasteiger partial charge in [0.25, 0.3) is 5.91 Å². The molecule has 1 aromatic heterocycles. The van der Waals surface area contributed by atoms with Gasteiger partial charge in [-0.25, -0.2) is 4.98 Å². The fraction of sp³-hybridized carbons (Fsp3) is 0.318. The van der Waals surface area contributed by atoms with Crippen LogP contribution in [0.15, 0.2) is 42.5 Å². The SMILES string of the molecule is COCC(NC(=O)c1ccc(N2CCCCC2=O)cc1)c1nc2ccc(Cl)cc2[nH]1. The molecule has 0 spiro atoms. The third kappa shape index (κ3) is 4.32. The molecule has 156 valence electrons. The predicted octanol–water partition coefficient (Wildman–Crippen LogP) is 3.85. The molecule has 2 amide bonds. The Hall–Kier alpha value is -2.90. The second-order valence-electron chi connectivity index (χ2n) is 7.31. The van der Waals surface area contributed by atoms with Gasteiger partial charge >= 0.3 is 0 Å². The van der Waals surface area contributed by atoms with E-state index < -0.39 is 6.04 Å². The average Bonchev–Trinajstić information content (AvgIpc) is 3.17. The minimum Gasteiger partial charge on any atom is -0.382 e. The Morgan fingerprint density at radius 3 is 2.80 bits per heavy atom. The van der Waals surface area contributed by atoms with Crippen molar-refractivity contribution in [3.05, 3.63) is 58.9 Å². The third-order valence-corrected chi connectivity index (χ3v) is 5.43. The van der Waals surface area contributed by atoms with Crippen LogP contribution in [-0.4, -0.2) is 42.0 Å². The topological polar surface area (TPSA) is 87.3 Å². The summed E-state index contributed by atoms with van der Waals surface area (Å²) in [6, 6.07) is 12.0. The number of anilines is 1. The van der Waals surface area contributed by atoms with E-state index in [1.807, 2.05) is 18.2 Å². The van der Waals surface area contributed by atoms with Gasteiger partial charge in [-0.3, -0.25) is 9.59 Å². The van der Waals surface area contributed by atoms with Gasteiger partial charge < -0.3 is 19.9 Å². The van der Waals surface area contributed by atoms with Gasteiger partial charge in [0.05, 0.1) is 17.6 Å². The molecule has 7 nitrogen and oxygen atoms in total. The summed E-state index contributed by atoms with van der Waals surface area (Å²) in [7, 11) is 1.57. The third-order valence-electron chi connectivity index (χ3n) is 5.20. The maximum Gasteiger partial charge on any atom is 0.251 e. The number of imidazole rings is 1. The monoisotopic (exact) mass is 426 g/mol. The number of fused-ring (bicyclic) bond motifs is 1. The van der Waals surface area contributed by atoms with Crippen LogP contribution in [0.25, 0.3) is 11.0 Å². The van der Waals surface area contributed by atoms with Crippen molar-refractivity contribution < 1.29 is 14.3 Å². The molecule has 3 aromatic rings. The van der Waals surface area contributed by atoms with E-state index in [9.17, 15) is 9.59 Å². The molecular weight excluding hydrogens is 404 g/mol. The van der Waals surface area contributed by atoms with Crippen LogP contribution in [0.5, 0.6) is 0 Å². The van der Waals surface area contributed by atoms with Crippen LogP contribution >= 0.6 is 11.6 Å². The first-order valence-electron chi connectivity index (χ1n) is 9.90. The molecule has 1 atom stereocenters. The highest BCUT2D eigenvalue weighted by molar-refractivity contribution is 6.31. The van der Waals surface area contributed by atoms with Gasteiger partial charge in [-0.2, -0.15) is 0 Å². The molecule has 2 aromatic carbocycles. The molecule has 0 bridgehead atoms. The van der Waals surface area contributed by atoms with Gasteiger partial charge in [0.2, 0.25) is 5.91 Å².